The zero-order valence-corrected chi connectivity index (χ0v) is 5.85. The number of aliphatic hydroxyl groups is 1. The Hall–Kier alpha value is -0.410. The lowest BCUT2D eigenvalue weighted by molar-refractivity contribution is -0.112. The van der Waals surface area contributed by atoms with Crippen molar-refractivity contribution in [3.05, 3.63) is 0 Å². The van der Waals surface area contributed by atoms with Crippen molar-refractivity contribution in [1.82, 2.24) is 5.32 Å². The molecule has 0 aliphatic heterocycles. The first-order valence-corrected chi connectivity index (χ1v) is 2.94. The lowest BCUT2D eigenvalue weighted by atomic mass is 10.1. The van der Waals surface area contributed by atoms with Gasteiger partial charge in [-0.25, -0.2) is 0 Å². The van der Waals surface area contributed by atoms with E-state index >= 15 is 0 Å². The van der Waals surface area contributed by atoms with Gasteiger partial charge in [0, 0.05) is 6.54 Å². The van der Waals surface area contributed by atoms with Gasteiger partial charge in [0.2, 0.25) is 0 Å². The Balaban J connectivity index is 3.45. The monoisotopic (exact) mass is 131 g/mol. The van der Waals surface area contributed by atoms with Crippen LogP contribution in [0.25, 0.3) is 0 Å². The van der Waals surface area contributed by atoms with E-state index in [0.29, 0.717) is 6.54 Å². The zero-order valence-electron chi connectivity index (χ0n) is 5.85. The summed E-state index contributed by atoms with van der Waals surface area (Å²) in [6, 6.07) is 0. The minimum atomic E-state index is -0.497. The van der Waals surface area contributed by atoms with Crippen molar-refractivity contribution in [2.24, 2.45) is 0 Å². The molecule has 0 saturated carbocycles. The Bertz CT molecular complexity index is 91.1. The number of aliphatic hydroxyl groups excluding tert-OH is 1. The number of nitrogens with one attached hydrogen (secondary N) is 1. The molecule has 0 heterocycles. The molecule has 9 heavy (non-hydrogen) atoms. The van der Waals surface area contributed by atoms with Crippen molar-refractivity contribution >= 4 is 6.29 Å². The average molecular weight is 131 g/mol. The maximum Gasteiger partial charge on any atom is 0.139 e. The largest absolute Gasteiger partial charge is 0.395 e. The van der Waals surface area contributed by atoms with Crippen molar-refractivity contribution in [2.75, 3.05) is 13.2 Å². The molecule has 0 aromatic rings. The molecule has 0 fully saturated rings. The molecule has 0 aliphatic rings. The van der Waals surface area contributed by atoms with Crippen LogP contribution < -0.4 is 5.32 Å². The Kier molecular flexibility index (Phi) is 3.42. The minimum Gasteiger partial charge on any atom is -0.395 e. The van der Waals surface area contributed by atoms with Gasteiger partial charge in [0.25, 0.3) is 0 Å². The van der Waals surface area contributed by atoms with Crippen LogP contribution in [0.15, 0.2) is 0 Å². The summed E-state index contributed by atoms with van der Waals surface area (Å²) in [5.74, 6) is 0. The molecule has 2 N–H and O–H groups in total. The summed E-state index contributed by atoms with van der Waals surface area (Å²) in [5, 5.41) is 11.2. The van der Waals surface area contributed by atoms with Gasteiger partial charge in [0.05, 0.1) is 12.1 Å². The Labute approximate surface area is 55.1 Å². The maximum absolute atomic E-state index is 10.2. The van der Waals surface area contributed by atoms with Crippen molar-refractivity contribution in [2.45, 2.75) is 19.4 Å². The van der Waals surface area contributed by atoms with Gasteiger partial charge in [-0.2, -0.15) is 0 Å². The standard InChI is InChI=1S/C6H13NO2/c1-6(2,5-9)7-3-4-8/h5,7-8H,3-4H2,1-2H3. The molecular weight excluding hydrogens is 118 g/mol. The van der Waals surface area contributed by atoms with E-state index in [1.165, 1.54) is 0 Å². The van der Waals surface area contributed by atoms with Crippen LogP contribution in [-0.2, 0) is 4.79 Å². The van der Waals surface area contributed by atoms with Crippen LogP contribution in [0.4, 0.5) is 0 Å². The highest BCUT2D eigenvalue weighted by molar-refractivity contribution is 5.62. The minimum absolute atomic E-state index is 0.0667. The van der Waals surface area contributed by atoms with Crippen molar-refractivity contribution in [3.8, 4) is 0 Å². The highest BCUT2D eigenvalue weighted by Gasteiger charge is 2.13. The lowest BCUT2D eigenvalue weighted by Crippen LogP contribution is -2.42. The fraction of sp³-hybridized carbons (Fsp3) is 0.833. The van der Waals surface area contributed by atoms with Gasteiger partial charge in [-0.3, -0.25) is 0 Å². The van der Waals surface area contributed by atoms with Gasteiger partial charge in [-0.15, -0.1) is 0 Å². The van der Waals surface area contributed by atoms with Gasteiger partial charge >= 0.3 is 0 Å². The molecule has 0 spiro atoms. The summed E-state index contributed by atoms with van der Waals surface area (Å²) in [6.07, 6.45) is 0.822. The number of rotatable bonds is 4. The molecule has 0 bridgehead atoms. The SMILES string of the molecule is CC(C)(C=O)NCCO. The molecule has 0 saturated heterocycles. The van der Waals surface area contributed by atoms with E-state index in [-0.39, 0.29) is 6.61 Å². The maximum atomic E-state index is 10.2. The Morgan fingerprint density at radius 1 is 1.67 bits per heavy atom. The van der Waals surface area contributed by atoms with Crippen molar-refractivity contribution < 1.29 is 9.90 Å². The predicted molar refractivity (Wildman–Crippen MR) is 35.2 cm³/mol. The summed E-state index contributed by atoms with van der Waals surface area (Å²) < 4.78 is 0. The lowest BCUT2D eigenvalue weighted by Gasteiger charge is -2.17. The van der Waals surface area contributed by atoms with Gasteiger partial charge in [-0.05, 0) is 13.8 Å². The van der Waals surface area contributed by atoms with Crippen molar-refractivity contribution in [3.63, 3.8) is 0 Å². The number of carbonyl (C=O) groups excluding carboxylic acids is 1. The molecule has 3 nitrogen and oxygen atoms in total. The van der Waals surface area contributed by atoms with Gasteiger partial charge in [0.1, 0.15) is 6.29 Å². The number of hydrogen-bond acceptors (Lipinski definition) is 3. The highest BCUT2D eigenvalue weighted by Crippen LogP contribution is 1.93. The van der Waals surface area contributed by atoms with E-state index in [2.05, 4.69) is 5.32 Å². The van der Waals surface area contributed by atoms with Gasteiger partial charge in [-0.1, -0.05) is 0 Å². The molecular formula is C6H13NO2. The van der Waals surface area contributed by atoms with Crippen LogP contribution in [0.1, 0.15) is 13.8 Å². The summed E-state index contributed by atoms with van der Waals surface area (Å²) in [4.78, 5) is 10.2. The van der Waals surface area contributed by atoms with E-state index in [9.17, 15) is 4.79 Å². The smallest absolute Gasteiger partial charge is 0.139 e. The van der Waals surface area contributed by atoms with Crippen LogP contribution in [0.3, 0.4) is 0 Å². The summed E-state index contributed by atoms with van der Waals surface area (Å²) >= 11 is 0. The van der Waals surface area contributed by atoms with E-state index in [0.717, 1.165) is 6.29 Å². The third-order valence-electron chi connectivity index (χ3n) is 0.987. The highest BCUT2D eigenvalue weighted by atomic mass is 16.3. The molecule has 0 atom stereocenters. The van der Waals surface area contributed by atoms with Gasteiger partial charge in [0.15, 0.2) is 0 Å². The zero-order chi connectivity index (χ0) is 7.33. The number of hydrogen-bond donors (Lipinski definition) is 2. The van der Waals surface area contributed by atoms with E-state index in [4.69, 9.17) is 5.11 Å². The molecule has 0 amide bonds. The summed E-state index contributed by atoms with van der Waals surface area (Å²) in [6.45, 7) is 4.05. The summed E-state index contributed by atoms with van der Waals surface area (Å²) in [7, 11) is 0. The number of carbonyl (C=O) groups is 1. The predicted octanol–water partition coefficient (Wildman–Crippen LogP) is -0.454. The molecule has 0 aromatic carbocycles. The fourth-order valence-corrected chi connectivity index (χ4v) is 0.420. The normalized spacial score (nSPS) is 11.4. The van der Waals surface area contributed by atoms with E-state index in [1.807, 2.05) is 0 Å². The first kappa shape index (κ1) is 8.59. The Morgan fingerprint density at radius 2 is 2.22 bits per heavy atom. The molecule has 0 rings (SSSR count). The number of β-amino-alcohol motifs (C(OH)–C–C–N with tert-alkyl or cyclic N) is 1. The summed E-state index contributed by atoms with van der Waals surface area (Å²) in [5.41, 5.74) is -0.497. The first-order chi connectivity index (χ1) is 4.12. The molecule has 3 heteroatoms. The van der Waals surface area contributed by atoms with Crippen LogP contribution in [0, 0.1) is 0 Å². The molecule has 0 aromatic heterocycles. The first-order valence-electron chi connectivity index (χ1n) is 2.94. The average Bonchev–Trinajstić information content (AvgIpc) is 1.84. The van der Waals surface area contributed by atoms with Crippen LogP contribution >= 0.6 is 0 Å². The van der Waals surface area contributed by atoms with E-state index < -0.39 is 5.54 Å². The second-order valence-electron chi connectivity index (χ2n) is 2.49. The topological polar surface area (TPSA) is 49.3 Å². The molecule has 54 valence electrons. The van der Waals surface area contributed by atoms with Crippen molar-refractivity contribution in [1.29, 1.82) is 0 Å². The van der Waals surface area contributed by atoms with Crippen LogP contribution in [-0.4, -0.2) is 30.1 Å². The van der Waals surface area contributed by atoms with Gasteiger partial charge < -0.3 is 15.2 Å². The molecule has 0 radical (unpaired) electrons. The third kappa shape index (κ3) is 4.12. The quantitative estimate of drug-likeness (QED) is 0.508. The second-order valence-corrected chi connectivity index (χ2v) is 2.49. The van der Waals surface area contributed by atoms with E-state index in [1.54, 1.807) is 13.8 Å². The molecule has 0 unspecified atom stereocenters. The fourth-order valence-electron chi connectivity index (χ4n) is 0.420. The van der Waals surface area contributed by atoms with Crippen LogP contribution in [0.5, 0.6) is 0 Å². The second kappa shape index (κ2) is 3.58. The van der Waals surface area contributed by atoms with Crippen LogP contribution in [0.2, 0.25) is 0 Å². The molecule has 0 aliphatic carbocycles. The third-order valence-corrected chi connectivity index (χ3v) is 0.987. The number of aldehydes is 1. The Morgan fingerprint density at radius 3 is 2.56 bits per heavy atom.